The molecule has 2 rings (SSSR count). The first-order chi connectivity index (χ1) is 7.35. The quantitative estimate of drug-likeness (QED) is 0.740. The number of benzene rings is 1. The first-order valence-corrected chi connectivity index (χ1v) is 6.76. The van der Waals surface area contributed by atoms with Crippen LogP contribution in [0, 0.1) is 0 Å². The van der Waals surface area contributed by atoms with Crippen LogP contribution in [0.1, 0.15) is 0 Å². The highest BCUT2D eigenvalue weighted by molar-refractivity contribution is 7.98. The molecular weight excluding hydrogens is 224 g/mol. The molecule has 0 N–H and O–H groups in total. The lowest BCUT2D eigenvalue weighted by molar-refractivity contribution is 0.416. The standard InChI is InChI=1S/C12H12OS2/c1-13-12-4-3-10(14-2)7-11(12)9-5-6-15-8-9/h3-8H,1-2H3. The Morgan fingerprint density at radius 2 is 2.13 bits per heavy atom. The Labute approximate surface area is 98.1 Å². The van der Waals surface area contributed by atoms with Crippen molar-refractivity contribution in [1.82, 2.24) is 0 Å². The van der Waals surface area contributed by atoms with Crippen molar-refractivity contribution in [2.24, 2.45) is 0 Å². The minimum absolute atomic E-state index is 0.936. The predicted molar refractivity (Wildman–Crippen MR) is 68.1 cm³/mol. The monoisotopic (exact) mass is 236 g/mol. The molecule has 0 aliphatic heterocycles. The predicted octanol–water partition coefficient (Wildman–Crippen LogP) is 4.15. The topological polar surface area (TPSA) is 9.23 Å². The van der Waals surface area contributed by atoms with E-state index in [1.807, 2.05) is 6.07 Å². The maximum Gasteiger partial charge on any atom is 0.126 e. The third kappa shape index (κ3) is 2.19. The van der Waals surface area contributed by atoms with Crippen LogP contribution in [-0.2, 0) is 0 Å². The van der Waals surface area contributed by atoms with Crippen LogP contribution in [0.5, 0.6) is 5.75 Å². The van der Waals surface area contributed by atoms with E-state index in [1.165, 1.54) is 16.0 Å². The molecule has 0 radical (unpaired) electrons. The lowest BCUT2D eigenvalue weighted by atomic mass is 10.1. The van der Waals surface area contributed by atoms with Gasteiger partial charge in [0.2, 0.25) is 0 Å². The first-order valence-electron chi connectivity index (χ1n) is 4.59. The summed E-state index contributed by atoms with van der Waals surface area (Å²) in [5.41, 5.74) is 2.40. The molecule has 1 nitrogen and oxygen atoms in total. The molecule has 0 saturated heterocycles. The van der Waals surface area contributed by atoms with Crippen molar-refractivity contribution in [3.8, 4) is 16.9 Å². The van der Waals surface area contributed by atoms with E-state index < -0.39 is 0 Å². The lowest BCUT2D eigenvalue weighted by Gasteiger charge is -2.08. The smallest absolute Gasteiger partial charge is 0.126 e. The summed E-state index contributed by atoms with van der Waals surface area (Å²) in [6, 6.07) is 8.40. The van der Waals surface area contributed by atoms with Gasteiger partial charge < -0.3 is 4.74 Å². The molecule has 3 heteroatoms. The van der Waals surface area contributed by atoms with E-state index in [9.17, 15) is 0 Å². The zero-order valence-corrected chi connectivity index (χ0v) is 10.3. The summed E-state index contributed by atoms with van der Waals surface area (Å²) in [5.74, 6) is 0.936. The Kier molecular flexibility index (Phi) is 3.34. The number of thiophene rings is 1. The second-order valence-electron chi connectivity index (χ2n) is 3.08. The summed E-state index contributed by atoms with van der Waals surface area (Å²) in [7, 11) is 1.71. The van der Waals surface area contributed by atoms with Gasteiger partial charge in [-0.25, -0.2) is 0 Å². The number of hydrogen-bond donors (Lipinski definition) is 0. The molecule has 0 fully saturated rings. The molecular formula is C12H12OS2. The van der Waals surface area contributed by atoms with Gasteiger partial charge in [0.1, 0.15) is 5.75 Å². The molecule has 0 aliphatic carbocycles. The fraction of sp³-hybridized carbons (Fsp3) is 0.167. The van der Waals surface area contributed by atoms with Crippen LogP contribution in [0.2, 0.25) is 0 Å². The average Bonchev–Trinajstić information content (AvgIpc) is 2.81. The van der Waals surface area contributed by atoms with Crippen LogP contribution in [0.25, 0.3) is 11.1 Å². The van der Waals surface area contributed by atoms with E-state index in [4.69, 9.17) is 4.74 Å². The fourth-order valence-corrected chi connectivity index (χ4v) is 2.55. The van der Waals surface area contributed by atoms with Gasteiger partial charge >= 0.3 is 0 Å². The number of rotatable bonds is 3. The zero-order valence-electron chi connectivity index (χ0n) is 8.69. The number of ether oxygens (including phenoxy) is 1. The summed E-state index contributed by atoms with van der Waals surface area (Å²) in [5, 5.41) is 4.22. The van der Waals surface area contributed by atoms with E-state index in [0.29, 0.717) is 0 Å². The SMILES string of the molecule is COc1ccc(SC)cc1-c1ccsc1. The third-order valence-electron chi connectivity index (χ3n) is 2.24. The van der Waals surface area contributed by atoms with Crippen molar-refractivity contribution < 1.29 is 4.74 Å². The van der Waals surface area contributed by atoms with Gasteiger partial charge in [0.15, 0.2) is 0 Å². The largest absolute Gasteiger partial charge is 0.496 e. The highest BCUT2D eigenvalue weighted by Crippen LogP contribution is 2.34. The van der Waals surface area contributed by atoms with Gasteiger partial charge in [0, 0.05) is 10.5 Å². The molecule has 0 amide bonds. The lowest BCUT2D eigenvalue weighted by Crippen LogP contribution is -1.87. The van der Waals surface area contributed by atoms with Crippen molar-refractivity contribution in [3.05, 3.63) is 35.0 Å². The molecule has 0 atom stereocenters. The van der Waals surface area contributed by atoms with Gasteiger partial charge in [0.25, 0.3) is 0 Å². The molecule has 1 aromatic carbocycles. The highest BCUT2D eigenvalue weighted by Gasteiger charge is 2.06. The molecule has 1 aromatic heterocycles. The van der Waals surface area contributed by atoms with Gasteiger partial charge in [-0.2, -0.15) is 11.3 Å². The minimum Gasteiger partial charge on any atom is -0.496 e. The van der Waals surface area contributed by atoms with E-state index in [0.717, 1.165) is 5.75 Å². The second kappa shape index (κ2) is 4.73. The van der Waals surface area contributed by atoms with Crippen LogP contribution in [0.3, 0.4) is 0 Å². The summed E-state index contributed by atoms with van der Waals surface area (Å²) < 4.78 is 5.36. The van der Waals surface area contributed by atoms with E-state index in [-0.39, 0.29) is 0 Å². The maximum absolute atomic E-state index is 5.36. The third-order valence-corrected chi connectivity index (χ3v) is 3.65. The van der Waals surface area contributed by atoms with Crippen molar-refractivity contribution >= 4 is 23.1 Å². The Bertz CT molecular complexity index is 435. The van der Waals surface area contributed by atoms with E-state index in [1.54, 1.807) is 30.2 Å². The summed E-state index contributed by atoms with van der Waals surface area (Å²) in [6.45, 7) is 0. The molecule has 2 aromatic rings. The van der Waals surface area contributed by atoms with Gasteiger partial charge in [0.05, 0.1) is 7.11 Å². The molecule has 78 valence electrons. The normalized spacial score (nSPS) is 10.3. The molecule has 0 unspecified atom stereocenters. The molecule has 15 heavy (non-hydrogen) atoms. The van der Waals surface area contributed by atoms with Crippen molar-refractivity contribution in [2.45, 2.75) is 4.90 Å². The first kappa shape index (κ1) is 10.6. The van der Waals surface area contributed by atoms with Gasteiger partial charge in [-0.1, -0.05) is 0 Å². The van der Waals surface area contributed by atoms with E-state index >= 15 is 0 Å². The van der Waals surface area contributed by atoms with Gasteiger partial charge in [-0.3, -0.25) is 0 Å². The molecule has 0 bridgehead atoms. The van der Waals surface area contributed by atoms with Gasteiger partial charge in [-0.15, -0.1) is 11.8 Å². The Morgan fingerprint density at radius 1 is 1.27 bits per heavy atom. The van der Waals surface area contributed by atoms with Crippen molar-refractivity contribution in [3.63, 3.8) is 0 Å². The van der Waals surface area contributed by atoms with Crippen LogP contribution in [-0.4, -0.2) is 13.4 Å². The van der Waals surface area contributed by atoms with Crippen molar-refractivity contribution in [1.29, 1.82) is 0 Å². The second-order valence-corrected chi connectivity index (χ2v) is 4.74. The number of hydrogen-bond acceptors (Lipinski definition) is 3. The van der Waals surface area contributed by atoms with Crippen LogP contribution < -0.4 is 4.74 Å². The molecule has 1 heterocycles. The van der Waals surface area contributed by atoms with Crippen molar-refractivity contribution in [2.75, 3.05) is 13.4 Å². The minimum atomic E-state index is 0.936. The molecule has 0 aliphatic rings. The zero-order chi connectivity index (χ0) is 10.7. The van der Waals surface area contributed by atoms with Gasteiger partial charge in [-0.05, 0) is 46.8 Å². The summed E-state index contributed by atoms with van der Waals surface area (Å²) in [4.78, 5) is 1.26. The number of thioether (sulfide) groups is 1. The Hall–Kier alpha value is -0.930. The highest BCUT2D eigenvalue weighted by atomic mass is 32.2. The Morgan fingerprint density at radius 3 is 2.73 bits per heavy atom. The molecule has 0 saturated carbocycles. The molecule has 0 spiro atoms. The average molecular weight is 236 g/mol. The van der Waals surface area contributed by atoms with Crippen LogP contribution >= 0.6 is 23.1 Å². The summed E-state index contributed by atoms with van der Waals surface area (Å²) >= 11 is 3.45. The maximum atomic E-state index is 5.36. The Balaban J connectivity index is 2.52. The van der Waals surface area contributed by atoms with Crippen LogP contribution in [0.15, 0.2) is 39.9 Å². The summed E-state index contributed by atoms with van der Waals surface area (Å²) in [6.07, 6.45) is 2.08. The van der Waals surface area contributed by atoms with Crippen LogP contribution in [0.4, 0.5) is 0 Å². The van der Waals surface area contributed by atoms with E-state index in [2.05, 4.69) is 35.2 Å². The number of methoxy groups -OCH3 is 1. The fourth-order valence-electron chi connectivity index (χ4n) is 1.46.